The average molecular weight is 747 g/mol. The Kier molecular flexibility index (Phi) is 11.7. The van der Waals surface area contributed by atoms with Gasteiger partial charge in [-0.05, 0) is 95.5 Å². The number of carbonyl (C=O) groups is 3. The third-order valence-electron chi connectivity index (χ3n) is 14.4. The van der Waals surface area contributed by atoms with Gasteiger partial charge in [0.1, 0.15) is 0 Å². The van der Waals surface area contributed by atoms with Crippen molar-refractivity contribution in [3.8, 4) is 0 Å². The van der Waals surface area contributed by atoms with E-state index in [9.17, 15) is 14.7 Å². The number of unbranched alkanes of at least 4 members (excludes halogenated alkanes) is 7. The van der Waals surface area contributed by atoms with E-state index in [1.165, 1.54) is 6.08 Å². The zero-order valence-electron chi connectivity index (χ0n) is 33.4. The largest absolute Gasteiger partial charge is 0.481 e. The number of fused-ring (bicyclic) bond motifs is 7. The van der Waals surface area contributed by atoms with Gasteiger partial charge in [-0.3, -0.25) is 14.4 Å². The molecule has 0 bridgehead atoms. The van der Waals surface area contributed by atoms with Gasteiger partial charge in [-0.15, -0.1) is 0 Å². The lowest BCUT2D eigenvalue weighted by Crippen LogP contribution is -2.69. The van der Waals surface area contributed by atoms with Crippen molar-refractivity contribution in [2.24, 2.45) is 22.7 Å². The van der Waals surface area contributed by atoms with Crippen LogP contribution in [-0.4, -0.2) is 71.4 Å². The molecule has 5 aliphatic rings. The van der Waals surface area contributed by atoms with Crippen LogP contribution in [0.15, 0.2) is 23.8 Å². The van der Waals surface area contributed by atoms with Gasteiger partial charge >= 0.3 is 5.97 Å². The van der Waals surface area contributed by atoms with Crippen LogP contribution in [0, 0.1) is 22.7 Å². The standard InChI is InChI=1S/C42H67FO8Si/c1-37(2,3)52(8,9)50-30(18-16-14-12-10-11-13-15-17-19-36(47)48)25-33(45)42-35(49-38(4,5)51-42)26-32-31-21-20-28-24-29(44)22-23-39(28,6)41(31,43)34(46)27-40(32,42)7/h22-24,30-32,34-35,46H,10-21,25-27H2,1-9H3,(H,47,48)/t30?,31-,32-,34-,35+,39-,40-,41?,42+/m0/s1. The molecule has 1 saturated heterocycles. The number of aliphatic hydroxyl groups excluding tert-OH is 1. The van der Waals surface area contributed by atoms with Crippen molar-refractivity contribution in [2.45, 2.75) is 198 Å². The van der Waals surface area contributed by atoms with Crippen molar-refractivity contribution >= 4 is 25.9 Å². The molecule has 0 amide bonds. The average Bonchev–Trinajstić information content (AvgIpc) is 3.43. The van der Waals surface area contributed by atoms with E-state index in [1.807, 2.05) is 27.7 Å². The molecule has 4 fully saturated rings. The number of ether oxygens (including phenoxy) is 2. The minimum Gasteiger partial charge on any atom is -0.481 e. The van der Waals surface area contributed by atoms with Crippen molar-refractivity contribution < 1.29 is 42.9 Å². The van der Waals surface area contributed by atoms with Gasteiger partial charge < -0.3 is 24.1 Å². The quantitative estimate of drug-likeness (QED) is 0.119. The zero-order valence-corrected chi connectivity index (χ0v) is 34.4. The van der Waals surface area contributed by atoms with Gasteiger partial charge in [0.05, 0.1) is 18.3 Å². The van der Waals surface area contributed by atoms with E-state index < -0.39 is 60.3 Å². The highest BCUT2D eigenvalue weighted by Gasteiger charge is 2.80. The molecule has 0 spiro atoms. The summed E-state index contributed by atoms with van der Waals surface area (Å²) in [7, 11) is -2.26. The molecule has 8 nitrogen and oxygen atoms in total. The Bertz CT molecular complexity index is 1430. The number of aliphatic hydroxyl groups is 1. The van der Waals surface area contributed by atoms with E-state index in [0.717, 1.165) is 63.4 Å². The lowest BCUT2D eigenvalue weighted by Gasteiger charge is -2.62. The Labute approximate surface area is 312 Å². The van der Waals surface area contributed by atoms with Crippen molar-refractivity contribution in [3.05, 3.63) is 23.8 Å². The molecule has 9 atom stereocenters. The Morgan fingerprint density at radius 3 is 2.25 bits per heavy atom. The molecule has 10 heteroatoms. The maximum atomic E-state index is 17.9. The van der Waals surface area contributed by atoms with E-state index in [0.29, 0.717) is 19.3 Å². The zero-order chi connectivity index (χ0) is 38.5. The van der Waals surface area contributed by atoms with Crippen LogP contribution < -0.4 is 0 Å². The van der Waals surface area contributed by atoms with E-state index in [4.69, 9.17) is 19.0 Å². The fourth-order valence-electron chi connectivity index (χ4n) is 10.7. The minimum atomic E-state index is -2.26. The van der Waals surface area contributed by atoms with Crippen molar-refractivity contribution in [3.63, 3.8) is 0 Å². The van der Waals surface area contributed by atoms with Gasteiger partial charge in [-0.1, -0.05) is 84.3 Å². The van der Waals surface area contributed by atoms with Gasteiger partial charge in [0, 0.05) is 29.6 Å². The van der Waals surface area contributed by atoms with Crippen LogP contribution in [0.3, 0.4) is 0 Å². The summed E-state index contributed by atoms with van der Waals surface area (Å²) in [6.07, 6.45) is 13.1. The molecule has 0 aromatic carbocycles. The van der Waals surface area contributed by atoms with Gasteiger partial charge in [-0.25, -0.2) is 4.39 Å². The Hall–Kier alpha value is -1.72. The molecule has 4 aliphatic carbocycles. The van der Waals surface area contributed by atoms with Gasteiger partial charge in [0.25, 0.3) is 0 Å². The van der Waals surface area contributed by atoms with Crippen molar-refractivity contribution in [1.29, 1.82) is 0 Å². The van der Waals surface area contributed by atoms with Crippen LogP contribution in [0.5, 0.6) is 0 Å². The smallest absolute Gasteiger partial charge is 0.303 e. The highest BCUT2D eigenvalue weighted by Crippen LogP contribution is 2.72. The summed E-state index contributed by atoms with van der Waals surface area (Å²) < 4.78 is 38.4. The molecule has 5 rings (SSSR count). The third kappa shape index (κ3) is 7.22. The third-order valence-corrected chi connectivity index (χ3v) is 18.9. The molecular weight excluding hydrogens is 680 g/mol. The second kappa shape index (κ2) is 14.7. The predicted molar refractivity (Wildman–Crippen MR) is 202 cm³/mol. The normalized spacial score (nSPS) is 37.1. The first kappa shape index (κ1) is 41.4. The Balaban J connectivity index is 1.36. The van der Waals surface area contributed by atoms with Crippen LogP contribution >= 0.6 is 0 Å². The number of carboxylic acids is 1. The van der Waals surface area contributed by atoms with Crippen LogP contribution in [0.1, 0.15) is 145 Å². The molecule has 1 heterocycles. The molecule has 294 valence electrons. The predicted octanol–water partition coefficient (Wildman–Crippen LogP) is 9.19. The molecule has 0 aromatic heterocycles. The summed E-state index contributed by atoms with van der Waals surface area (Å²) >= 11 is 0. The van der Waals surface area contributed by atoms with Gasteiger partial charge in [0.2, 0.25) is 0 Å². The second-order valence-corrected chi connectivity index (χ2v) is 24.0. The molecule has 0 radical (unpaired) electrons. The number of ketones is 2. The van der Waals surface area contributed by atoms with E-state index >= 15 is 9.18 Å². The number of hydrogen-bond donors (Lipinski definition) is 2. The fourth-order valence-corrected chi connectivity index (χ4v) is 12.1. The SMILES string of the molecule is CC1(C)O[C@@H]2C[C@H]3[C@@H]4CCC5=CC(=O)C=C[C@]5(C)C4(F)[C@@H](O)C[C@]3(C)[C@]2(C(=O)CC(CCCCCCCCCCC(=O)O)O[Si](C)(C)C(C)(C)C)O1. The highest BCUT2D eigenvalue weighted by molar-refractivity contribution is 6.74. The first-order valence-corrected chi connectivity index (χ1v) is 23.1. The molecule has 0 aromatic rings. The Morgan fingerprint density at radius 1 is 1.02 bits per heavy atom. The second-order valence-electron chi connectivity index (χ2n) is 19.2. The summed E-state index contributed by atoms with van der Waals surface area (Å²) in [5.41, 5.74) is -4.60. The first-order valence-electron chi connectivity index (χ1n) is 20.2. The highest BCUT2D eigenvalue weighted by atomic mass is 28.4. The molecule has 2 unspecified atom stereocenters. The summed E-state index contributed by atoms with van der Waals surface area (Å²) in [6, 6.07) is 0. The van der Waals surface area contributed by atoms with Crippen LogP contribution in [0.4, 0.5) is 4.39 Å². The van der Waals surface area contributed by atoms with E-state index in [2.05, 4.69) is 33.9 Å². The number of Topliss-reactive ketones (excluding diaryl/α,β-unsaturated/α-hetero) is 1. The summed E-state index contributed by atoms with van der Waals surface area (Å²) in [5, 5.41) is 20.8. The molecule has 3 saturated carbocycles. The van der Waals surface area contributed by atoms with Gasteiger partial charge in [-0.2, -0.15) is 0 Å². The van der Waals surface area contributed by atoms with Crippen LogP contribution in [0.2, 0.25) is 18.1 Å². The maximum absolute atomic E-state index is 17.9. The molecule has 1 aliphatic heterocycles. The molecule has 52 heavy (non-hydrogen) atoms. The van der Waals surface area contributed by atoms with E-state index in [1.54, 1.807) is 12.2 Å². The lowest BCUT2D eigenvalue weighted by atomic mass is 9.44. The summed E-state index contributed by atoms with van der Waals surface area (Å²) in [5.74, 6) is -2.77. The number of carbonyl (C=O) groups excluding carboxylic acids is 2. The first-order chi connectivity index (χ1) is 24.0. The van der Waals surface area contributed by atoms with Crippen molar-refractivity contribution in [1.82, 2.24) is 0 Å². The Morgan fingerprint density at radius 2 is 1.63 bits per heavy atom. The van der Waals surface area contributed by atoms with Crippen molar-refractivity contribution in [2.75, 3.05) is 0 Å². The van der Waals surface area contributed by atoms with Gasteiger partial charge in [0.15, 0.2) is 36.9 Å². The molecular formula is C42H67FO8Si. The van der Waals surface area contributed by atoms with Crippen LogP contribution in [0.25, 0.3) is 0 Å². The number of aliphatic carboxylic acids is 1. The number of carboxylic acid groups (broad SMARTS) is 1. The molecule has 2 N–H and O–H groups in total. The number of hydrogen-bond acceptors (Lipinski definition) is 7. The van der Waals surface area contributed by atoms with Crippen LogP contribution in [-0.2, 0) is 28.3 Å². The topological polar surface area (TPSA) is 119 Å². The summed E-state index contributed by atoms with van der Waals surface area (Å²) in [6.45, 7) is 18.6. The van der Waals surface area contributed by atoms with E-state index in [-0.39, 0.29) is 47.9 Å². The monoisotopic (exact) mass is 746 g/mol. The maximum Gasteiger partial charge on any atom is 0.303 e. The number of alkyl halides is 1. The number of rotatable bonds is 16. The summed E-state index contributed by atoms with van der Waals surface area (Å²) in [4.78, 5) is 38.3. The fraction of sp³-hybridized carbons (Fsp3) is 0.833. The minimum absolute atomic E-state index is 0.0460. The number of allylic oxidation sites excluding steroid dienone is 4. The number of halogens is 1. The lowest BCUT2D eigenvalue weighted by molar-refractivity contribution is -0.246.